The number of amides is 2. The van der Waals surface area contributed by atoms with Crippen LogP contribution in [0.3, 0.4) is 0 Å². The van der Waals surface area contributed by atoms with Gasteiger partial charge >= 0.3 is 0 Å². The lowest BCUT2D eigenvalue weighted by Gasteiger charge is -2.13. The molecule has 6 nitrogen and oxygen atoms in total. The summed E-state index contributed by atoms with van der Waals surface area (Å²) in [6.07, 6.45) is 0.680. The van der Waals surface area contributed by atoms with Crippen LogP contribution >= 0.6 is 0 Å². The van der Waals surface area contributed by atoms with Gasteiger partial charge in [-0.2, -0.15) is 0 Å². The fourth-order valence-electron chi connectivity index (χ4n) is 1.04. The van der Waals surface area contributed by atoms with E-state index in [4.69, 9.17) is 11.5 Å². The van der Waals surface area contributed by atoms with E-state index in [1.54, 1.807) is 0 Å². The summed E-state index contributed by atoms with van der Waals surface area (Å²) in [5, 5.41) is 6.20. The summed E-state index contributed by atoms with van der Waals surface area (Å²) < 4.78 is 0. The molecule has 0 radical (unpaired) electrons. The molecule has 0 fully saturated rings. The van der Waals surface area contributed by atoms with Crippen molar-refractivity contribution in [1.82, 2.24) is 10.6 Å². The molecule has 6 heteroatoms. The zero-order valence-corrected chi connectivity index (χ0v) is 9.08. The highest BCUT2D eigenvalue weighted by Gasteiger charge is 2.01. The van der Waals surface area contributed by atoms with E-state index in [-0.39, 0.29) is 17.9 Å². The molecule has 6 N–H and O–H groups in total. The molecule has 0 bridgehead atoms. The predicted molar refractivity (Wildman–Crippen MR) is 58.0 cm³/mol. The first-order valence-corrected chi connectivity index (χ1v) is 5.03. The molecular formula is C9H20N4O2. The third kappa shape index (κ3) is 10.8. The van der Waals surface area contributed by atoms with Gasteiger partial charge in [-0.05, 0) is 6.92 Å². The SMILES string of the molecule is CC(CNCCC(N)=O)NCCC(N)=O. The molecule has 1 atom stereocenters. The largest absolute Gasteiger partial charge is 0.370 e. The van der Waals surface area contributed by atoms with E-state index in [2.05, 4.69) is 10.6 Å². The van der Waals surface area contributed by atoms with E-state index >= 15 is 0 Å². The molecule has 0 aromatic carbocycles. The Hall–Kier alpha value is -1.14. The molecule has 0 aromatic heterocycles. The molecule has 0 heterocycles. The number of rotatable bonds is 9. The fraction of sp³-hybridized carbons (Fsp3) is 0.778. The van der Waals surface area contributed by atoms with Crippen molar-refractivity contribution in [3.63, 3.8) is 0 Å². The maximum Gasteiger partial charge on any atom is 0.218 e. The lowest BCUT2D eigenvalue weighted by Crippen LogP contribution is -2.38. The van der Waals surface area contributed by atoms with Crippen LogP contribution in [-0.4, -0.2) is 37.5 Å². The van der Waals surface area contributed by atoms with E-state index in [1.807, 2.05) is 6.92 Å². The number of hydrogen-bond acceptors (Lipinski definition) is 4. The summed E-state index contributed by atoms with van der Waals surface area (Å²) in [4.78, 5) is 20.8. The third-order valence-electron chi connectivity index (χ3n) is 1.86. The maximum atomic E-state index is 10.4. The third-order valence-corrected chi connectivity index (χ3v) is 1.86. The smallest absolute Gasteiger partial charge is 0.218 e. The van der Waals surface area contributed by atoms with Crippen LogP contribution in [0.25, 0.3) is 0 Å². The Morgan fingerprint density at radius 1 is 1.13 bits per heavy atom. The van der Waals surface area contributed by atoms with Crippen molar-refractivity contribution in [2.45, 2.75) is 25.8 Å². The summed E-state index contributed by atoms with van der Waals surface area (Å²) in [5.74, 6) is -0.617. The van der Waals surface area contributed by atoms with Crippen LogP contribution in [0.4, 0.5) is 0 Å². The molecule has 0 aromatic rings. The Kier molecular flexibility index (Phi) is 7.57. The van der Waals surface area contributed by atoms with Crippen LogP contribution in [0, 0.1) is 0 Å². The lowest BCUT2D eigenvalue weighted by atomic mass is 10.3. The Balaban J connectivity index is 3.29. The van der Waals surface area contributed by atoms with Crippen molar-refractivity contribution in [3.8, 4) is 0 Å². The van der Waals surface area contributed by atoms with Gasteiger partial charge in [0, 0.05) is 38.5 Å². The Labute approximate surface area is 89.8 Å². The van der Waals surface area contributed by atoms with Crippen LogP contribution in [0.15, 0.2) is 0 Å². The monoisotopic (exact) mass is 216 g/mol. The maximum absolute atomic E-state index is 10.4. The number of carbonyl (C=O) groups excluding carboxylic acids is 2. The molecule has 0 aliphatic heterocycles. The van der Waals surface area contributed by atoms with Gasteiger partial charge < -0.3 is 22.1 Å². The Bertz CT molecular complexity index is 208. The first-order valence-electron chi connectivity index (χ1n) is 5.03. The van der Waals surface area contributed by atoms with E-state index in [0.717, 1.165) is 6.54 Å². The van der Waals surface area contributed by atoms with Gasteiger partial charge in [0.1, 0.15) is 0 Å². The molecule has 2 amide bonds. The zero-order valence-electron chi connectivity index (χ0n) is 9.08. The highest BCUT2D eigenvalue weighted by molar-refractivity contribution is 5.74. The van der Waals surface area contributed by atoms with Gasteiger partial charge in [-0.15, -0.1) is 0 Å². The molecule has 0 saturated heterocycles. The first kappa shape index (κ1) is 13.9. The van der Waals surface area contributed by atoms with Gasteiger partial charge in [0.25, 0.3) is 0 Å². The van der Waals surface area contributed by atoms with Crippen LogP contribution in [0.5, 0.6) is 0 Å². The number of carbonyl (C=O) groups is 2. The summed E-state index contributed by atoms with van der Waals surface area (Å²) in [5.41, 5.74) is 9.96. The van der Waals surface area contributed by atoms with Crippen LogP contribution in [0.2, 0.25) is 0 Å². The number of nitrogens with one attached hydrogen (secondary N) is 2. The molecule has 88 valence electrons. The highest BCUT2D eigenvalue weighted by Crippen LogP contribution is 1.81. The van der Waals surface area contributed by atoms with Gasteiger partial charge in [0.2, 0.25) is 11.8 Å². The fourth-order valence-corrected chi connectivity index (χ4v) is 1.04. The van der Waals surface area contributed by atoms with Crippen LogP contribution in [-0.2, 0) is 9.59 Å². The number of primary amides is 2. The lowest BCUT2D eigenvalue weighted by molar-refractivity contribution is -0.118. The van der Waals surface area contributed by atoms with Crippen molar-refractivity contribution in [2.75, 3.05) is 19.6 Å². The van der Waals surface area contributed by atoms with Crippen molar-refractivity contribution >= 4 is 11.8 Å². The molecule has 0 spiro atoms. The van der Waals surface area contributed by atoms with E-state index in [0.29, 0.717) is 25.9 Å². The molecule has 0 saturated carbocycles. The average Bonchev–Trinajstić information content (AvgIpc) is 2.11. The highest BCUT2D eigenvalue weighted by atomic mass is 16.1. The van der Waals surface area contributed by atoms with Crippen molar-refractivity contribution in [1.29, 1.82) is 0 Å². The predicted octanol–water partition coefficient (Wildman–Crippen LogP) is -1.70. The van der Waals surface area contributed by atoms with Crippen molar-refractivity contribution in [3.05, 3.63) is 0 Å². The quantitative estimate of drug-likeness (QED) is 0.344. The summed E-state index contributed by atoms with van der Waals surface area (Å²) in [6, 6.07) is 0.234. The van der Waals surface area contributed by atoms with Crippen LogP contribution in [0.1, 0.15) is 19.8 Å². The van der Waals surface area contributed by atoms with Gasteiger partial charge in [0.05, 0.1) is 0 Å². The molecular weight excluding hydrogens is 196 g/mol. The molecule has 0 aliphatic carbocycles. The zero-order chi connectivity index (χ0) is 11.7. The first-order chi connectivity index (χ1) is 7.02. The summed E-state index contributed by atoms with van der Waals surface area (Å²) in [6.45, 7) is 3.87. The van der Waals surface area contributed by atoms with Crippen LogP contribution < -0.4 is 22.1 Å². The van der Waals surface area contributed by atoms with E-state index in [9.17, 15) is 9.59 Å². The summed E-state index contributed by atoms with van der Waals surface area (Å²) in [7, 11) is 0. The normalized spacial score (nSPS) is 12.3. The summed E-state index contributed by atoms with van der Waals surface area (Å²) >= 11 is 0. The minimum absolute atomic E-state index is 0.234. The second kappa shape index (κ2) is 8.19. The van der Waals surface area contributed by atoms with Gasteiger partial charge in [-0.1, -0.05) is 0 Å². The van der Waals surface area contributed by atoms with Gasteiger partial charge in [0.15, 0.2) is 0 Å². The topological polar surface area (TPSA) is 110 Å². The van der Waals surface area contributed by atoms with Gasteiger partial charge in [-0.3, -0.25) is 9.59 Å². The molecule has 1 unspecified atom stereocenters. The average molecular weight is 216 g/mol. The van der Waals surface area contributed by atoms with Gasteiger partial charge in [-0.25, -0.2) is 0 Å². The second-order valence-electron chi connectivity index (χ2n) is 3.49. The van der Waals surface area contributed by atoms with E-state index in [1.165, 1.54) is 0 Å². The van der Waals surface area contributed by atoms with E-state index < -0.39 is 0 Å². The molecule has 15 heavy (non-hydrogen) atoms. The Morgan fingerprint density at radius 2 is 1.67 bits per heavy atom. The van der Waals surface area contributed by atoms with Crippen molar-refractivity contribution < 1.29 is 9.59 Å². The number of nitrogens with two attached hydrogens (primary N) is 2. The minimum Gasteiger partial charge on any atom is -0.370 e. The Morgan fingerprint density at radius 3 is 2.20 bits per heavy atom. The number of hydrogen-bond donors (Lipinski definition) is 4. The minimum atomic E-state index is -0.309. The second-order valence-corrected chi connectivity index (χ2v) is 3.49. The van der Waals surface area contributed by atoms with Crippen molar-refractivity contribution in [2.24, 2.45) is 11.5 Å². The molecule has 0 aliphatic rings. The molecule has 0 rings (SSSR count). The standard InChI is InChI=1S/C9H20N4O2/c1-7(13-5-3-9(11)15)6-12-4-2-8(10)14/h7,12-13H,2-6H2,1H3,(H2,10,14)(H2,11,15).